The van der Waals surface area contributed by atoms with Gasteiger partial charge >= 0.3 is 0 Å². The molecule has 0 amide bonds. The van der Waals surface area contributed by atoms with E-state index in [0.29, 0.717) is 30.3 Å². The zero-order valence-corrected chi connectivity index (χ0v) is 21.4. The molecule has 1 aliphatic heterocycles. The molecule has 5 rings (SSSR count). The van der Waals surface area contributed by atoms with E-state index < -0.39 is 0 Å². The van der Waals surface area contributed by atoms with Gasteiger partial charge in [0.1, 0.15) is 11.0 Å². The Balaban J connectivity index is 1.45. The fourth-order valence-corrected chi connectivity index (χ4v) is 5.11. The van der Waals surface area contributed by atoms with Gasteiger partial charge in [-0.25, -0.2) is 4.98 Å². The summed E-state index contributed by atoms with van der Waals surface area (Å²) in [5.74, 6) is 0.837. The molecule has 1 atom stereocenters. The van der Waals surface area contributed by atoms with E-state index in [4.69, 9.17) is 15.5 Å². The van der Waals surface area contributed by atoms with Crippen LogP contribution in [-0.4, -0.2) is 61.7 Å². The molecule has 1 fully saturated rings. The van der Waals surface area contributed by atoms with Gasteiger partial charge in [-0.15, -0.1) is 0 Å². The maximum atomic E-state index is 9.52. The Morgan fingerprint density at radius 2 is 2.00 bits per heavy atom. The van der Waals surface area contributed by atoms with Gasteiger partial charge in [0, 0.05) is 50.0 Å². The Labute approximate surface area is 216 Å². The van der Waals surface area contributed by atoms with Crippen LogP contribution in [0.5, 0.6) is 0 Å². The van der Waals surface area contributed by atoms with E-state index in [1.54, 1.807) is 6.20 Å². The molecule has 0 unspecified atom stereocenters. The molecule has 1 aliphatic rings. The number of nitrogens with zero attached hydrogens (tertiary/aromatic N) is 5. The molecular weight excluding hydrogens is 468 g/mol. The number of nitrogens with two attached hydrogens (primary N) is 1. The van der Waals surface area contributed by atoms with Crippen LogP contribution in [0, 0.1) is 0 Å². The molecule has 3 aromatic heterocycles. The Kier molecular flexibility index (Phi) is 8.08. The van der Waals surface area contributed by atoms with Gasteiger partial charge in [-0.2, -0.15) is 10.1 Å². The second-order valence-corrected chi connectivity index (χ2v) is 9.66. The van der Waals surface area contributed by atoms with Gasteiger partial charge in [-0.1, -0.05) is 31.5 Å². The lowest BCUT2D eigenvalue weighted by molar-refractivity contribution is 0.0776. The van der Waals surface area contributed by atoms with Crippen molar-refractivity contribution in [1.82, 2.24) is 30.0 Å². The van der Waals surface area contributed by atoms with Gasteiger partial charge in [0.15, 0.2) is 5.82 Å². The molecule has 196 valence electrons. The van der Waals surface area contributed by atoms with Crippen LogP contribution in [0.15, 0.2) is 36.7 Å². The first-order valence-corrected chi connectivity index (χ1v) is 13.2. The van der Waals surface area contributed by atoms with Crippen LogP contribution in [0.1, 0.15) is 50.2 Å². The number of fused-ring (bicyclic) bond motifs is 2. The summed E-state index contributed by atoms with van der Waals surface area (Å²) in [4.78, 5) is 13.7. The number of aliphatic hydroxyl groups is 1. The number of aliphatic hydroxyl groups excluding tert-OH is 1. The summed E-state index contributed by atoms with van der Waals surface area (Å²) in [5.41, 5.74) is 10.8. The number of aromatic nitrogens is 5. The minimum absolute atomic E-state index is 0.0841. The van der Waals surface area contributed by atoms with Crippen molar-refractivity contribution in [1.29, 1.82) is 0 Å². The summed E-state index contributed by atoms with van der Waals surface area (Å²) < 4.78 is 7.39. The Hall–Kier alpha value is -3.34. The minimum atomic E-state index is 0.0841. The summed E-state index contributed by atoms with van der Waals surface area (Å²) in [6.45, 7) is 5.19. The SMILES string of the molecule is CCC[C@@H](CCO)Nc1nc(N)nc2cnn(Cc3ccc(CNC4CCOCC4)c4cccnc34)c12. The molecule has 4 heterocycles. The number of hydrogen-bond acceptors (Lipinski definition) is 9. The van der Waals surface area contributed by atoms with E-state index in [0.717, 1.165) is 67.4 Å². The number of nitrogen functional groups attached to an aromatic ring is 1. The predicted octanol–water partition coefficient (Wildman–Crippen LogP) is 3.24. The molecule has 0 saturated carbocycles. The van der Waals surface area contributed by atoms with Crippen LogP contribution in [-0.2, 0) is 17.8 Å². The number of pyridine rings is 1. The van der Waals surface area contributed by atoms with Crippen molar-refractivity contribution in [2.45, 2.75) is 64.2 Å². The second-order valence-electron chi connectivity index (χ2n) is 9.66. The minimum Gasteiger partial charge on any atom is -0.396 e. The highest BCUT2D eigenvalue weighted by Crippen LogP contribution is 2.27. The maximum absolute atomic E-state index is 9.52. The van der Waals surface area contributed by atoms with Crippen LogP contribution in [0.25, 0.3) is 21.9 Å². The monoisotopic (exact) mass is 504 g/mol. The lowest BCUT2D eigenvalue weighted by atomic mass is 10.0. The number of rotatable bonds is 11. The molecule has 10 heteroatoms. The Bertz CT molecular complexity index is 1330. The zero-order chi connectivity index (χ0) is 25.6. The molecular formula is C27H36N8O2. The normalized spacial score (nSPS) is 15.4. The van der Waals surface area contributed by atoms with Crippen molar-refractivity contribution in [3.05, 3.63) is 47.8 Å². The van der Waals surface area contributed by atoms with E-state index in [9.17, 15) is 5.11 Å². The van der Waals surface area contributed by atoms with Gasteiger partial charge in [0.2, 0.25) is 5.95 Å². The molecule has 37 heavy (non-hydrogen) atoms. The van der Waals surface area contributed by atoms with E-state index in [-0.39, 0.29) is 18.6 Å². The van der Waals surface area contributed by atoms with Crippen molar-refractivity contribution < 1.29 is 9.84 Å². The topological polar surface area (TPSA) is 136 Å². The molecule has 0 aliphatic carbocycles. The molecule has 0 bridgehead atoms. The first kappa shape index (κ1) is 25.3. The number of benzene rings is 1. The number of hydrogen-bond donors (Lipinski definition) is 4. The molecule has 0 radical (unpaired) electrons. The van der Waals surface area contributed by atoms with Crippen molar-refractivity contribution in [2.75, 3.05) is 30.9 Å². The zero-order valence-electron chi connectivity index (χ0n) is 21.4. The van der Waals surface area contributed by atoms with Gasteiger partial charge in [0.25, 0.3) is 0 Å². The maximum Gasteiger partial charge on any atom is 0.222 e. The van der Waals surface area contributed by atoms with Crippen LogP contribution >= 0.6 is 0 Å². The quantitative estimate of drug-likeness (QED) is 0.243. The predicted molar refractivity (Wildman–Crippen MR) is 145 cm³/mol. The fraction of sp³-hybridized carbons (Fsp3) is 0.481. The smallest absolute Gasteiger partial charge is 0.222 e. The van der Waals surface area contributed by atoms with Crippen molar-refractivity contribution >= 4 is 33.7 Å². The van der Waals surface area contributed by atoms with Crippen LogP contribution in [0.3, 0.4) is 0 Å². The van der Waals surface area contributed by atoms with Crippen LogP contribution in [0.4, 0.5) is 11.8 Å². The molecule has 0 spiro atoms. The largest absolute Gasteiger partial charge is 0.396 e. The van der Waals surface area contributed by atoms with Gasteiger partial charge in [-0.05, 0) is 42.9 Å². The molecule has 4 aromatic rings. The summed E-state index contributed by atoms with van der Waals surface area (Å²) in [5, 5.41) is 22.5. The summed E-state index contributed by atoms with van der Waals surface area (Å²) in [6, 6.07) is 9.01. The highest BCUT2D eigenvalue weighted by molar-refractivity contribution is 5.88. The summed E-state index contributed by atoms with van der Waals surface area (Å²) in [7, 11) is 0. The molecule has 5 N–H and O–H groups in total. The standard InChI is InChI=1S/C27H36N8O2/c1-2-4-21(8-12-36)32-26-25-23(33-27(28)34-26)16-31-35(25)17-19-7-6-18(22-5-3-11-29-24(19)22)15-30-20-9-13-37-14-10-20/h3,5-7,11,16,20-21,30,36H,2,4,8-10,12-15,17H2,1H3,(H3,28,32,33,34)/t21-/m0/s1. The summed E-state index contributed by atoms with van der Waals surface area (Å²) in [6.07, 6.45) is 8.18. The third-order valence-corrected chi connectivity index (χ3v) is 7.03. The second kappa shape index (κ2) is 11.8. The van der Waals surface area contributed by atoms with Crippen molar-refractivity contribution in [3.63, 3.8) is 0 Å². The fourth-order valence-electron chi connectivity index (χ4n) is 5.11. The first-order chi connectivity index (χ1) is 18.2. The third kappa shape index (κ3) is 5.82. The molecule has 1 aromatic carbocycles. The molecule has 1 saturated heterocycles. The van der Waals surface area contributed by atoms with Crippen LogP contribution in [0.2, 0.25) is 0 Å². The lowest BCUT2D eigenvalue weighted by Crippen LogP contribution is -2.34. The van der Waals surface area contributed by atoms with E-state index in [1.807, 2.05) is 16.9 Å². The lowest BCUT2D eigenvalue weighted by Gasteiger charge is -2.23. The first-order valence-electron chi connectivity index (χ1n) is 13.2. The van der Waals surface area contributed by atoms with E-state index >= 15 is 0 Å². The Morgan fingerprint density at radius 3 is 2.81 bits per heavy atom. The Morgan fingerprint density at radius 1 is 1.16 bits per heavy atom. The van der Waals surface area contributed by atoms with Crippen LogP contribution < -0.4 is 16.4 Å². The van der Waals surface area contributed by atoms with E-state index in [2.05, 4.69) is 50.8 Å². The number of ether oxygens (including phenoxy) is 1. The number of anilines is 2. The van der Waals surface area contributed by atoms with Gasteiger partial charge in [0.05, 0.1) is 18.3 Å². The highest BCUT2D eigenvalue weighted by Gasteiger charge is 2.18. The van der Waals surface area contributed by atoms with Crippen molar-refractivity contribution in [2.24, 2.45) is 0 Å². The third-order valence-electron chi connectivity index (χ3n) is 7.03. The van der Waals surface area contributed by atoms with Crippen molar-refractivity contribution in [3.8, 4) is 0 Å². The van der Waals surface area contributed by atoms with E-state index in [1.165, 1.54) is 5.56 Å². The molecule has 10 nitrogen and oxygen atoms in total. The average Bonchev–Trinajstić information content (AvgIpc) is 3.31. The summed E-state index contributed by atoms with van der Waals surface area (Å²) >= 11 is 0. The highest BCUT2D eigenvalue weighted by atomic mass is 16.5. The average molecular weight is 505 g/mol. The van der Waals surface area contributed by atoms with Gasteiger partial charge in [-0.3, -0.25) is 9.67 Å². The van der Waals surface area contributed by atoms with Gasteiger partial charge < -0.3 is 26.2 Å². The number of nitrogens with one attached hydrogen (secondary N) is 2.